The van der Waals surface area contributed by atoms with Gasteiger partial charge in [-0.2, -0.15) is 0 Å². The van der Waals surface area contributed by atoms with E-state index in [1.54, 1.807) is 53.4 Å². The van der Waals surface area contributed by atoms with Gasteiger partial charge < -0.3 is 25.0 Å². The van der Waals surface area contributed by atoms with Crippen molar-refractivity contribution >= 4 is 29.2 Å². The minimum absolute atomic E-state index is 0.0372. The first kappa shape index (κ1) is 22.3. The van der Waals surface area contributed by atoms with Crippen molar-refractivity contribution in [2.75, 3.05) is 50.1 Å². The summed E-state index contributed by atoms with van der Waals surface area (Å²) in [6.45, 7) is 4.67. The van der Waals surface area contributed by atoms with E-state index < -0.39 is 0 Å². The lowest BCUT2D eigenvalue weighted by atomic mass is 10.1. The summed E-state index contributed by atoms with van der Waals surface area (Å²) in [4.78, 5) is 38.2. The van der Waals surface area contributed by atoms with E-state index in [9.17, 15) is 14.4 Å². The molecule has 0 spiro atoms. The second-order valence-electron chi connectivity index (χ2n) is 7.10. The van der Waals surface area contributed by atoms with Crippen molar-refractivity contribution in [3.8, 4) is 0 Å². The average molecular weight is 425 g/mol. The van der Waals surface area contributed by atoms with Crippen molar-refractivity contribution < 1.29 is 23.9 Å². The van der Waals surface area contributed by atoms with E-state index >= 15 is 0 Å². The summed E-state index contributed by atoms with van der Waals surface area (Å²) in [7, 11) is 0. The topological polar surface area (TPSA) is 97.0 Å². The van der Waals surface area contributed by atoms with Crippen LogP contribution in [0, 0.1) is 0 Å². The normalized spacial score (nSPS) is 13.4. The molecule has 2 N–H and O–H groups in total. The van der Waals surface area contributed by atoms with E-state index in [1.807, 2.05) is 6.92 Å². The number of nitrogens with one attached hydrogen (secondary N) is 2. The summed E-state index contributed by atoms with van der Waals surface area (Å²) in [6.07, 6.45) is 0.771. The lowest BCUT2D eigenvalue weighted by molar-refractivity contribution is -0.114. The second kappa shape index (κ2) is 11.1. The third-order valence-corrected chi connectivity index (χ3v) is 4.72. The summed E-state index contributed by atoms with van der Waals surface area (Å²) in [5.74, 6) is -0.620. The van der Waals surface area contributed by atoms with E-state index in [-0.39, 0.29) is 24.3 Å². The summed E-state index contributed by atoms with van der Waals surface area (Å²) in [6, 6.07) is 13.6. The SMILES string of the molecule is CCCOC(=O)c1ccc(NCC(=O)Nc2ccc(C(=O)N3CCOCC3)cc2)cc1. The van der Waals surface area contributed by atoms with Gasteiger partial charge in [0.15, 0.2) is 0 Å². The molecule has 1 aliphatic heterocycles. The second-order valence-corrected chi connectivity index (χ2v) is 7.10. The first-order valence-corrected chi connectivity index (χ1v) is 10.3. The number of ether oxygens (including phenoxy) is 2. The molecule has 2 aromatic rings. The van der Waals surface area contributed by atoms with Crippen LogP contribution in [0.5, 0.6) is 0 Å². The quantitative estimate of drug-likeness (QED) is 0.632. The van der Waals surface area contributed by atoms with Gasteiger partial charge in [0, 0.05) is 30.0 Å². The molecule has 1 fully saturated rings. The van der Waals surface area contributed by atoms with Crippen LogP contribution in [0.2, 0.25) is 0 Å². The molecule has 1 saturated heterocycles. The van der Waals surface area contributed by atoms with Gasteiger partial charge in [-0.3, -0.25) is 9.59 Å². The van der Waals surface area contributed by atoms with Gasteiger partial charge in [0.25, 0.3) is 5.91 Å². The number of nitrogens with zero attached hydrogens (tertiary/aromatic N) is 1. The largest absolute Gasteiger partial charge is 0.462 e. The van der Waals surface area contributed by atoms with Crippen LogP contribution in [0.3, 0.4) is 0 Å². The van der Waals surface area contributed by atoms with Crippen LogP contribution in [-0.2, 0) is 14.3 Å². The number of amides is 2. The number of morpholine rings is 1. The molecule has 0 bridgehead atoms. The van der Waals surface area contributed by atoms with Crippen LogP contribution in [0.15, 0.2) is 48.5 Å². The van der Waals surface area contributed by atoms with Crippen molar-refractivity contribution in [3.63, 3.8) is 0 Å². The van der Waals surface area contributed by atoms with Gasteiger partial charge in [-0.1, -0.05) is 6.92 Å². The van der Waals surface area contributed by atoms with E-state index in [4.69, 9.17) is 9.47 Å². The Morgan fingerprint density at radius 2 is 1.55 bits per heavy atom. The van der Waals surface area contributed by atoms with E-state index in [2.05, 4.69) is 10.6 Å². The molecule has 164 valence electrons. The Morgan fingerprint density at radius 3 is 2.19 bits per heavy atom. The molecule has 8 nitrogen and oxygen atoms in total. The molecule has 0 aromatic heterocycles. The fraction of sp³-hybridized carbons (Fsp3) is 0.348. The highest BCUT2D eigenvalue weighted by Gasteiger charge is 2.18. The van der Waals surface area contributed by atoms with Crippen LogP contribution < -0.4 is 10.6 Å². The molecule has 3 rings (SSSR count). The molecule has 2 aromatic carbocycles. The molecule has 0 unspecified atom stereocenters. The predicted molar refractivity (Wildman–Crippen MR) is 117 cm³/mol. The Kier molecular flexibility index (Phi) is 8.00. The standard InChI is InChI=1S/C23H27N3O5/c1-2-13-31-23(29)18-5-7-19(8-6-18)24-16-21(27)25-20-9-3-17(4-10-20)22(28)26-11-14-30-15-12-26/h3-10,24H,2,11-16H2,1H3,(H,25,27). The van der Waals surface area contributed by atoms with Crippen LogP contribution in [0.1, 0.15) is 34.1 Å². The maximum Gasteiger partial charge on any atom is 0.338 e. The van der Waals surface area contributed by atoms with Gasteiger partial charge in [0.1, 0.15) is 0 Å². The van der Waals surface area contributed by atoms with E-state index in [1.165, 1.54) is 0 Å². The fourth-order valence-electron chi connectivity index (χ4n) is 3.03. The minimum Gasteiger partial charge on any atom is -0.462 e. The summed E-state index contributed by atoms with van der Waals surface area (Å²) in [5.41, 5.74) is 2.37. The van der Waals surface area contributed by atoms with E-state index in [0.717, 1.165) is 6.42 Å². The Bertz CT molecular complexity index is 890. The third kappa shape index (κ3) is 6.55. The zero-order chi connectivity index (χ0) is 22.1. The molecule has 0 saturated carbocycles. The highest BCUT2D eigenvalue weighted by Crippen LogP contribution is 2.14. The lowest BCUT2D eigenvalue weighted by Gasteiger charge is -2.26. The fourth-order valence-corrected chi connectivity index (χ4v) is 3.03. The molecule has 0 radical (unpaired) electrons. The summed E-state index contributed by atoms with van der Waals surface area (Å²) < 4.78 is 10.4. The molecule has 0 atom stereocenters. The van der Waals surface area contributed by atoms with Gasteiger partial charge in [-0.15, -0.1) is 0 Å². The number of carbonyl (C=O) groups excluding carboxylic acids is 3. The molecular weight excluding hydrogens is 398 g/mol. The Labute approximate surface area is 181 Å². The molecule has 1 aliphatic rings. The molecule has 8 heteroatoms. The Hall–Kier alpha value is -3.39. The van der Waals surface area contributed by atoms with Crippen LogP contribution in [0.25, 0.3) is 0 Å². The number of benzene rings is 2. The predicted octanol–water partition coefficient (Wildman–Crippen LogP) is 2.78. The maximum absolute atomic E-state index is 12.5. The molecule has 2 amide bonds. The molecule has 0 aliphatic carbocycles. The number of hydrogen-bond donors (Lipinski definition) is 2. The summed E-state index contributed by atoms with van der Waals surface area (Å²) in [5, 5.41) is 5.80. The number of rotatable bonds is 8. The van der Waals surface area contributed by atoms with Crippen molar-refractivity contribution in [3.05, 3.63) is 59.7 Å². The minimum atomic E-state index is -0.360. The lowest BCUT2D eigenvalue weighted by Crippen LogP contribution is -2.40. The zero-order valence-corrected chi connectivity index (χ0v) is 17.6. The highest BCUT2D eigenvalue weighted by molar-refractivity contribution is 5.97. The van der Waals surface area contributed by atoms with Crippen LogP contribution in [-0.4, -0.2) is 62.1 Å². The van der Waals surface area contributed by atoms with Gasteiger partial charge in [-0.05, 0) is 55.0 Å². The van der Waals surface area contributed by atoms with Gasteiger partial charge in [0.05, 0.1) is 31.9 Å². The highest BCUT2D eigenvalue weighted by atomic mass is 16.5. The number of carbonyl (C=O) groups is 3. The van der Waals surface area contributed by atoms with Gasteiger partial charge in [0.2, 0.25) is 5.91 Å². The number of hydrogen-bond acceptors (Lipinski definition) is 6. The van der Waals surface area contributed by atoms with Gasteiger partial charge in [-0.25, -0.2) is 4.79 Å². The first-order valence-electron chi connectivity index (χ1n) is 10.3. The number of esters is 1. The maximum atomic E-state index is 12.5. The average Bonchev–Trinajstić information content (AvgIpc) is 2.82. The Balaban J connectivity index is 1.46. The van der Waals surface area contributed by atoms with Crippen molar-refractivity contribution in [2.45, 2.75) is 13.3 Å². The van der Waals surface area contributed by atoms with E-state index in [0.29, 0.717) is 55.4 Å². The van der Waals surface area contributed by atoms with Crippen molar-refractivity contribution in [1.82, 2.24) is 4.90 Å². The van der Waals surface area contributed by atoms with Crippen LogP contribution >= 0.6 is 0 Å². The Morgan fingerprint density at radius 1 is 0.935 bits per heavy atom. The zero-order valence-electron chi connectivity index (χ0n) is 17.6. The van der Waals surface area contributed by atoms with Crippen LogP contribution in [0.4, 0.5) is 11.4 Å². The number of anilines is 2. The summed E-state index contributed by atoms with van der Waals surface area (Å²) >= 11 is 0. The molecular formula is C23H27N3O5. The first-order chi connectivity index (χ1) is 15.1. The molecule has 1 heterocycles. The smallest absolute Gasteiger partial charge is 0.338 e. The van der Waals surface area contributed by atoms with Crippen molar-refractivity contribution in [2.24, 2.45) is 0 Å². The van der Waals surface area contributed by atoms with Crippen molar-refractivity contribution in [1.29, 1.82) is 0 Å². The monoisotopic (exact) mass is 425 g/mol. The van der Waals surface area contributed by atoms with Gasteiger partial charge >= 0.3 is 5.97 Å². The molecule has 31 heavy (non-hydrogen) atoms. The third-order valence-electron chi connectivity index (χ3n) is 4.72.